The molecular formula is C19H20I2O2S3-2. The molecule has 0 radical (unpaired) electrons. The minimum atomic E-state index is -0.872. The molecule has 2 aliphatic heterocycles. The molecule has 1 saturated heterocycles. The zero-order valence-corrected chi connectivity index (χ0v) is 21.8. The first kappa shape index (κ1) is 21.3. The molecule has 2 nitrogen and oxygen atoms in total. The van der Waals surface area contributed by atoms with Crippen molar-refractivity contribution in [2.45, 2.75) is 59.7 Å². The summed E-state index contributed by atoms with van der Waals surface area (Å²) in [6.45, 7) is 8.72. The van der Waals surface area contributed by atoms with Crippen molar-refractivity contribution in [1.82, 2.24) is 0 Å². The van der Waals surface area contributed by atoms with Crippen LogP contribution in [0.5, 0.6) is 0 Å². The summed E-state index contributed by atoms with van der Waals surface area (Å²) < 4.78 is 2.36. The fourth-order valence-electron chi connectivity index (χ4n) is 2.51. The Morgan fingerprint density at radius 1 is 1.15 bits per heavy atom. The van der Waals surface area contributed by atoms with Gasteiger partial charge in [-0.15, -0.1) is 0 Å². The number of carbonyl (C=O) groups excluding carboxylic acids is 2. The van der Waals surface area contributed by atoms with E-state index in [1.54, 1.807) is 23.5 Å². The Labute approximate surface area is 189 Å². The molecule has 0 amide bonds. The normalized spacial score (nSPS) is 25.1. The molecule has 0 aromatic heterocycles. The van der Waals surface area contributed by atoms with Gasteiger partial charge in [0.2, 0.25) is 0 Å². The summed E-state index contributed by atoms with van der Waals surface area (Å²) in [6, 6.07) is 6.49. The van der Waals surface area contributed by atoms with Gasteiger partial charge < -0.3 is 0 Å². The number of thioether (sulfide) groups is 2. The van der Waals surface area contributed by atoms with Crippen LogP contribution in [0.3, 0.4) is 0 Å². The average Bonchev–Trinajstić information content (AvgIpc) is 2.94. The van der Waals surface area contributed by atoms with Crippen LogP contribution in [0.15, 0.2) is 37.8 Å². The zero-order chi connectivity index (χ0) is 19.1. The molecule has 0 spiro atoms. The van der Waals surface area contributed by atoms with E-state index < -0.39 is 42.4 Å². The first-order valence-corrected chi connectivity index (χ1v) is 14.9. The van der Waals surface area contributed by atoms with Gasteiger partial charge in [-0.1, -0.05) is 0 Å². The fourth-order valence-corrected chi connectivity index (χ4v) is 13.0. The van der Waals surface area contributed by atoms with Crippen molar-refractivity contribution in [2.24, 2.45) is 0 Å². The van der Waals surface area contributed by atoms with E-state index in [4.69, 9.17) is 12.2 Å². The van der Waals surface area contributed by atoms with Crippen LogP contribution < -0.4 is 42.4 Å². The first-order valence-electron chi connectivity index (χ1n) is 8.33. The van der Waals surface area contributed by atoms with Gasteiger partial charge in [0, 0.05) is 0 Å². The van der Waals surface area contributed by atoms with Crippen molar-refractivity contribution >= 4 is 46.2 Å². The molecule has 1 aromatic rings. The zero-order valence-electron chi connectivity index (χ0n) is 15.0. The number of benzene rings is 1. The Balaban J connectivity index is 1.96. The molecule has 0 bridgehead atoms. The van der Waals surface area contributed by atoms with E-state index in [9.17, 15) is 9.59 Å². The van der Waals surface area contributed by atoms with Gasteiger partial charge in [-0.25, -0.2) is 0 Å². The summed E-state index contributed by atoms with van der Waals surface area (Å²) in [5, 5.41) is 0. The summed E-state index contributed by atoms with van der Waals surface area (Å²) in [5.74, 6) is 0. The number of carbonyl (C=O) groups is 2. The molecule has 1 fully saturated rings. The number of rotatable bonds is 1. The Morgan fingerprint density at radius 2 is 1.85 bits per heavy atom. The number of halogens is 2. The first-order chi connectivity index (χ1) is 12.2. The molecule has 2 heterocycles. The third-order valence-corrected chi connectivity index (χ3v) is 12.7. The summed E-state index contributed by atoms with van der Waals surface area (Å²) in [6.07, 6.45) is 1.79. The van der Waals surface area contributed by atoms with E-state index in [-0.39, 0.29) is 13.0 Å². The monoisotopic (exact) mass is 630 g/mol. The topological polar surface area (TPSA) is 34.1 Å². The van der Waals surface area contributed by atoms with E-state index in [0.717, 1.165) is 24.8 Å². The molecule has 0 N–H and O–H groups in total. The minimum absolute atomic E-state index is 0.0342. The van der Waals surface area contributed by atoms with Gasteiger partial charge in [-0.2, -0.15) is 0 Å². The number of fused-ring (bicyclic) bond motifs is 1. The standard InChI is InChI=1S/C19H20I2O2S3/c1-5-11-9-14(24)21-17(23)15(16(22)20-11)18-25-12-7-6-10(19(2,3)4)8-13(12)26-18/h6-8,11H,5,9H2,1-4H3/q-2/b18-15-. The summed E-state index contributed by atoms with van der Waals surface area (Å²) in [4.78, 5) is 28.1. The second-order valence-corrected chi connectivity index (χ2v) is 16.9. The molecule has 0 saturated carbocycles. The predicted molar refractivity (Wildman–Crippen MR) is 105 cm³/mol. The quantitative estimate of drug-likeness (QED) is 0.101. The number of thiocarbonyl (C=S) groups is 1. The number of hydrogen-bond acceptors (Lipinski definition) is 5. The molecular weight excluding hydrogens is 610 g/mol. The van der Waals surface area contributed by atoms with Gasteiger partial charge in [0.05, 0.1) is 0 Å². The maximum atomic E-state index is 12.9. The van der Waals surface area contributed by atoms with Crippen LogP contribution in [-0.2, 0) is 15.0 Å². The summed E-state index contributed by atoms with van der Waals surface area (Å²) >= 11 is 7.09. The van der Waals surface area contributed by atoms with Crippen LogP contribution in [-0.4, -0.2) is 14.4 Å². The van der Waals surface area contributed by atoms with Crippen LogP contribution >= 0.6 is 35.7 Å². The van der Waals surface area contributed by atoms with Crippen LogP contribution in [0.1, 0.15) is 46.1 Å². The molecule has 3 rings (SSSR count). The van der Waals surface area contributed by atoms with Gasteiger partial charge in [0.25, 0.3) is 0 Å². The molecule has 2 aliphatic rings. The van der Waals surface area contributed by atoms with E-state index in [1.165, 1.54) is 10.5 Å². The summed E-state index contributed by atoms with van der Waals surface area (Å²) in [7, 11) is 0. The Hall–Kier alpha value is 0.550. The molecule has 0 aliphatic carbocycles. The SMILES string of the molecule is CCC1CC(=S)[I-]C(=O)/C(=C2/Sc3ccc(C(C)(C)C)cc3S2)C(=O)[I-]1. The van der Waals surface area contributed by atoms with Crippen molar-refractivity contribution in [3.63, 3.8) is 0 Å². The van der Waals surface area contributed by atoms with Crippen molar-refractivity contribution in [2.75, 3.05) is 0 Å². The Bertz CT molecular complexity index is 825. The van der Waals surface area contributed by atoms with Crippen molar-refractivity contribution in [1.29, 1.82) is 0 Å². The van der Waals surface area contributed by atoms with Gasteiger partial charge in [0.1, 0.15) is 0 Å². The predicted octanol–water partition coefficient (Wildman–Crippen LogP) is -0.866. The Kier molecular flexibility index (Phi) is 6.96. The van der Waals surface area contributed by atoms with E-state index >= 15 is 0 Å². The third kappa shape index (κ3) is 4.75. The number of allylic oxidation sites excluding steroid dienone is 1. The van der Waals surface area contributed by atoms with Crippen molar-refractivity contribution in [3.05, 3.63) is 33.6 Å². The number of alkyl halides is 1. The van der Waals surface area contributed by atoms with E-state index in [0.29, 0.717) is 9.50 Å². The van der Waals surface area contributed by atoms with Crippen LogP contribution in [0.2, 0.25) is 0 Å². The fraction of sp³-hybridized carbons (Fsp3) is 0.421. The van der Waals surface area contributed by atoms with Gasteiger partial charge in [-0.3, -0.25) is 0 Å². The van der Waals surface area contributed by atoms with Crippen molar-refractivity contribution < 1.29 is 52.0 Å². The van der Waals surface area contributed by atoms with Crippen LogP contribution in [0.4, 0.5) is 0 Å². The van der Waals surface area contributed by atoms with Gasteiger partial charge in [0.15, 0.2) is 0 Å². The van der Waals surface area contributed by atoms with E-state index in [1.807, 2.05) is 0 Å². The molecule has 26 heavy (non-hydrogen) atoms. The third-order valence-electron chi connectivity index (χ3n) is 4.08. The van der Waals surface area contributed by atoms with E-state index in [2.05, 4.69) is 45.9 Å². The van der Waals surface area contributed by atoms with Crippen molar-refractivity contribution in [3.8, 4) is 0 Å². The molecule has 142 valence electrons. The second-order valence-electron chi connectivity index (χ2n) is 7.09. The molecule has 1 atom stereocenters. The van der Waals surface area contributed by atoms with Crippen LogP contribution in [0.25, 0.3) is 0 Å². The molecule has 7 heteroatoms. The molecule has 1 unspecified atom stereocenters. The second kappa shape index (κ2) is 8.51. The summed E-state index contributed by atoms with van der Waals surface area (Å²) in [5.41, 5.74) is 1.84. The molecule has 1 aromatic carbocycles. The number of hydrogen-bond donors (Lipinski definition) is 0. The van der Waals surface area contributed by atoms with Gasteiger partial charge in [-0.05, 0) is 0 Å². The Morgan fingerprint density at radius 3 is 2.50 bits per heavy atom. The van der Waals surface area contributed by atoms with Crippen LogP contribution in [0, 0.1) is 0 Å². The average molecular weight is 630 g/mol. The maximum absolute atomic E-state index is 12.9. The van der Waals surface area contributed by atoms with Gasteiger partial charge >= 0.3 is 191 Å².